The van der Waals surface area contributed by atoms with Gasteiger partial charge >= 0.3 is 11.6 Å². The highest BCUT2D eigenvalue weighted by Crippen LogP contribution is 2.25. The van der Waals surface area contributed by atoms with Gasteiger partial charge < -0.3 is 13.9 Å². The highest BCUT2D eigenvalue weighted by molar-refractivity contribution is 5.93. The van der Waals surface area contributed by atoms with Gasteiger partial charge in [0.15, 0.2) is 0 Å². The van der Waals surface area contributed by atoms with E-state index in [1.165, 1.54) is 6.07 Å². The van der Waals surface area contributed by atoms with Gasteiger partial charge in [-0.3, -0.25) is 0 Å². The summed E-state index contributed by atoms with van der Waals surface area (Å²) < 4.78 is 15.1. The predicted octanol–water partition coefficient (Wildman–Crippen LogP) is 3.04. The molecule has 2 heterocycles. The van der Waals surface area contributed by atoms with Gasteiger partial charge in [0.05, 0.1) is 13.7 Å². The Kier molecular flexibility index (Phi) is 4.29. The smallest absolute Gasteiger partial charge is 0.351 e. The van der Waals surface area contributed by atoms with Crippen molar-refractivity contribution in [3.63, 3.8) is 0 Å². The van der Waals surface area contributed by atoms with E-state index in [0.717, 1.165) is 11.1 Å². The molecule has 1 aromatic carbocycles. The predicted molar refractivity (Wildman–Crippen MR) is 88.2 cm³/mol. The Bertz CT molecular complexity index is 944. The molecule has 0 N–H and O–H groups in total. The molecule has 0 spiro atoms. The number of hydrogen-bond donors (Lipinski definition) is 0. The van der Waals surface area contributed by atoms with Crippen molar-refractivity contribution < 1.29 is 18.7 Å². The fourth-order valence-corrected chi connectivity index (χ4v) is 2.33. The largest absolute Gasteiger partial charge is 0.481 e. The highest BCUT2D eigenvalue weighted by atomic mass is 16.5. The van der Waals surface area contributed by atoms with Gasteiger partial charge in [0.2, 0.25) is 5.88 Å². The molecule has 0 aliphatic rings. The molecule has 2 aromatic heterocycles. The normalized spacial score (nSPS) is 10.6. The van der Waals surface area contributed by atoms with Crippen LogP contribution in [0.5, 0.6) is 5.88 Å². The van der Waals surface area contributed by atoms with Gasteiger partial charge in [-0.15, -0.1) is 0 Å². The van der Waals surface area contributed by atoms with Crippen LogP contribution in [-0.2, 0) is 4.74 Å². The van der Waals surface area contributed by atoms with Crippen molar-refractivity contribution in [1.82, 2.24) is 4.98 Å². The number of pyridine rings is 1. The van der Waals surface area contributed by atoms with Gasteiger partial charge in [0, 0.05) is 23.2 Å². The second-order valence-corrected chi connectivity index (χ2v) is 5.01. The van der Waals surface area contributed by atoms with Gasteiger partial charge in [-0.1, -0.05) is 6.07 Å². The van der Waals surface area contributed by atoms with E-state index < -0.39 is 11.6 Å². The van der Waals surface area contributed by atoms with Crippen LogP contribution in [0.25, 0.3) is 22.1 Å². The monoisotopic (exact) mass is 325 g/mol. The Hall–Kier alpha value is -3.15. The SMILES string of the molecule is CCOC(=O)c1cc2cc(-c3ccc(OC)nc3)ccc2oc1=O. The molecule has 0 aliphatic carbocycles. The van der Waals surface area contributed by atoms with E-state index in [4.69, 9.17) is 13.9 Å². The zero-order chi connectivity index (χ0) is 17.1. The van der Waals surface area contributed by atoms with Crippen LogP contribution in [0.1, 0.15) is 17.3 Å². The van der Waals surface area contributed by atoms with Crippen molar-refractivity contribution in [2.45, 2.75) is 6.92 Å². The standard InChI is InChI=1S/C18H15NO5/c1-3-23-17(20)14-9-13-8-11(4-6-15(13)24-18(14)21)12-5-7-16(22-2)19-10-12/h4-10H,3H2,1-2H3. The van der Waals surface area contributed by atoms with E-state index in [2.05, 4.69) is 4.98 Å². The topological polar surface area (TPSA) is 78.6 Å². The number of esters is 1. The summed E-state index contributed by atoms with van der Waals surface area (Å²) in [7, 11) is 1.55. The number of rotatable bonds is 4. The summed E-state index contributed by atoms with van der Waals surface area (Å²) >= 11 is 0. The number of aromatic nitrogens is 1. The van der Waals surface area contributed by atoms with Crippen LogP contribution in [-0.4, -0.2) is 24.7 Å². The van der Waals surface area contributed by atoms with Gasteiger partial charge in [0.25, 0.3) is 0 Å². The molecule has 0 aliphatic heterocycles. The molecule has 0 radical (unpaired) electrons. The number of benzene rings is 1. The van der Waals surface area contributed by atoms with Crippen molar-refractivity contribution in [1.29, 1.82) is 0 Å². The highest BCUT2D eigenvalue weighted by Gasteiger charge is 2.15. The Morgan fingerprint density at radius 1 is 1.17 bits per heavy atom. The van der Waals surface area contributed by atoms with Crippen LogP contribution >= 0.6 is 0 Å². The van der Waals surface area contributed by atoms with Gasteiger partial charge in [-0.25, -0.2) is 14.6 Å². The number of fused-ring (bicyclic) bond motifs is 1. The molecule has 0 unspecified atom stereocenters. The van der Waals surface area contributed by atoms with Gasteiger partial charge in [0.1, 0.15) is 11.1 Å². The molecular weight excluding hydrogens is 310 g/mol. The number of carbonyl (C=O) groups is 1. The molecule has 0 amide bonds. The van der Waals surface area contributed by atoms with Gasteiger partial charge in [-0.2, -0.15) is 0 Å². The van der Waals surface area contributed by atoms with Crippen LogP contribution in [0.2, 0.25) is 0 Å². The molecule has 0 saturated heterocycles. The number of methoxy groups -OCH3 is 1. The molecule has 24 heavy (non-hydrogen) atoms. The summed E-state index contributed by atoms with van der Waals surface area (Å²) in [5.74, 6) is -0.167. The lowest BCUT2D eigenvalue weighted by atomic mass is 10.0. The van der Waals surface area contributed by atoms with E-state index in [1.807, 2.05) is 18.2 Å². The third-order valence-corrected chi connectivity index (χ3v) is 3.51. The number of hydrogen-bond acceptors (Lipinski definition) is 6. The first kappa shape index (κ1) is 15.7. The third kappa shape index (κ3) is 2.99. The van der Waals surface area contributed by atoms with E-state index in [1.54, 1.807) is 32.4 Å². The first-order chi connectivity index (χ1) is 11.6. The Labute approximate surface area is 137 Å². The maximum absolute atomic E-state index is 11.9. The molecule has 3 aromatic rings. The van der Waals surface area contributed by atoms with E-state index in [-0.39, 0.29) is 12.2 Å². The summed E-state index contributed by atoms with van der Waals surface area (Å²) in [4.78, 5) is 27.9. The van der Waals surface area contributed by atoms with Crippen molar-refractivity contribution in [3.8, 4) is 17.0 Å². The lowest BCUT2D eigenvalue weighted by Gasteiger charge is -2.06. The fourth-order valence-electron chi connectivity index (χ4n) is 2.33. The summed E-state index contributed by atoms with van der Waals surface area (Å²) in [5.41, 5.74) is 1.33. The van der Waals surface area contributed by atoms with Crippen LogP contribution in [0.4, 0.5) is 0 Å². The minimum Gasteiger partial charge on any atom is -0.481 e. The zero-order valence-electron chi connectivity index (χ0n) is 13.2. The van der Waals surface area contributed by atoms with Crippen molar-refractivity contribution in [3.05, 3.63) is 58.6 Å². The molecular formula is C18H15NO5. The first-order valence-electron chi connectivity index (χ1n) is 7.38. The Morgan fingerprint density at radius 2 is 1.96 bits per heavy atom. The summed E-state index contributed by atoms with van der Waals surface area (Å²) in [5, 5.41) is 0.631. The van der Waals surface area contributed by atoms with Crippen molar-refractivity contribution in [2.24, 2.45) is 0 Å². The molecule has 3 rings (SSSR count). The second kappa shape index (κ2) is 6.54. The zero-order valence-corrected chi connectivity index (χ0v) is 13.2. The van der Waals surface area contributed by atoms with E-state index in [0.29, 0.717) is 16.8 Å². The van der Waals surface area contributed by atoms with Crippen molar-refractivity contribution in [2.75, 3.05) is 13.7 Å². The minimum absolute atomic E-state index is 0.116. The van der Waals surface area contributed by atoms with Crippen molar-refractivity contribution >= 4 is 16.9 Å². The maximum atomic E-state index is 11.9. The fraction of sp³-hybridized carbons (Fsp3) is 0.167. The lowest BCUT2D eigenvalue weighted by molar-refractivity contribution is 0.0522. The average Bonchev–Trinajstić information content (AvgIpc) is 2.61. The molecule has 0 saturated carbocycles. The second-order valence-electron chi connectivity index (χ2n) is 5.01. The van der Waals surface area contributed by atoms with Crippen LogP contribution < -0.4 is 10.4 Å². The van der Waals surface area contributed by atoms with Crippen LogP contribution in [0.3, 0.4) is 0 Å². The maximum Gasteiger partial charge on any atom is 0.351 e. The van der Waals surface area contributed by atoms with Crippen LogP contribution in [0.15, 0.2) is 51.8 Å². The molecule has 0 atom stereocenters. The van der Waals surface area contributed by atoms with E-state index in [9.17, 15) is 9.59 Å². The number of carbonyl (C=O) groups excluding carboxylic acids is 1. The van der Waals surface area contributed by atoms with Crippen LogP contribution in [0, 0.1) is 0 Å². The van der Waals surface area contributed by atoms with E-state index >= 15 is 0 Å². The Morgan fingerprint density at radius 3 is 2.62 bits per heavy atom. The lowest BCUT2D eigenvalue weighted by Crippen LogP contribution is -2.16. The third-order valence-electron chi connectivity index (χ3n) is 3.51. The summed E-state index contributed by atoms with van der Waals surface area (Å²) in [6.07, 6.45) is 1.69. The molecule has 6 heteroatoms. The summed E-state index contributed by atoms with van der Waals surface area (Å²) in [6, 6.07) is 10.4. The number of nitrogens with zero attached hydrogens (tertiary/aromatic N) is 1. The molecule has 0 bridgehead atoms. The summed E-state index contributed by atoms with van der Waals surface area (Å²) in [6.45, 7) is 1.86. The number of ether oxygens (including phenoxy) is 2. The molecule has 122 valence electrons. The Balaban J connectivity index is 2.07. The quantitative estimate of drug-likeness (QED) is 0.542. The van der Waals surface area contributed by atoms with Gasteiger partial charge in [-0.05, 0) is 36.8 Å². The average molecular weight is 325 g/mol. The molecule has 0 fully saturated rings. The first-order valence-corrected chi connectivity index (χ1v) is 7.38. The minimum atomic E-state index is -0.709. The molecule has 6 nitrogen and oxygen atoms in total.